The predicted octanol–water partition coefficient (Wildman–Crippen LogP) is 2.53. The maximum absolute atomic E-state index is 6.15. The molecule has 1 aliphatic rings. The minimum atomic E-state index is 0.544. The zero-order valence-corrected chi connectivity index (χ0v) is 12.0. The Morgan fingerprint density at radius 2 is 2.00 bits per heavy atom. The van der Waals surface area contributed by atoms with Crippen molar-refractivity contribution in [3.05, 3.63) is 28.8 Å². The molecule has 1 aliphatic heterocycles. The van der Waals surface area contributed by atoms with Crippen LogP contribution in [0.4, 0.5) is 0 Å². The van der Waals surface area contributed by atoms with E-state index in [1.807, 2.05) is 12.1 Å². The van der Waals surface area contributed by atoms with Crippen LogP contribution in [0.15, 0.2) is 18.2 Å². The Hall–Kier alpha value is -0.770. The predicted molar refractivity (Wildman–Crippen MR) is 75.3 cm³/mol. The average Bonchev–Trinajstić information content (AvgIpc) is 2.27. The van der Waals surface area contributed by atoms with Gasteiger partial charge in [0.25, 0.3) is 0 Å². The second kappa shape index (κ2) is 5.91. The van der Waals surface area contributed by atoms with Crippen molar-refractivity contribution in [3.63, 3.8) is 0 Å². The Labute approximate surface area is 114 Å². The molecule has 0 amide bonds. The molecule has 1 aromatic carbocycles. The van der Waals surface area contributed by atoms with E-state index in [0.717, 1.165) is 25.4 Å². The number of halogens is 1. The second-order valence-corrected chi connectivity index (χ2v) is 5.54. The molecule has 1 fully saturated rings. The molecule has 0 aromatic heterocycles. The molecule has 4 heteroatoms. The van der Waals surface area contributed by atoms with E-state index < -0.39 is 0 Å². The van der Waals surface area contributed by atoms with Gasteiger partial charge in [-0.2, -0.15) is 0 Å². The van der Waals surface area contributed by atoms with Crippen LogP contribution in [0.25, 0.3) is 0 Å². The monoisotopic (exact) mass is 268 g/mol. The van der Waals surface area contributed by atoms with E-state index in [1.54, 1.807) is 7.11 Å². The van der Waals surface area contributed by atoms with Crippen molar-refractivity contribution >= 4 is 11.6 Å². The molecule has 1 heterocycles. The molecule has 0 saturated carbocycles. The Morgan fingerprint density at radius 1 is 1.33 bits per heavy atom. The number of nitrogens with zero attached hydrogens (tertiary/aromatic N) is 1. The molecular formula is C14H21ClN2O. The summed E-state index contributed by atoms with van der Waals surface area (Å²) in [6.45, 7) is 7.55. The van der Waals surface area contributed by atoms with Gasteiger partial charge in [-0.1, -0.05) is 17.7 Å². The molecule has 18 heavy (non-hydrogen) atoms. The van der Waals surface area contributed by atoms with Crippen LogP contribution in [0.5, 0.6) is 5.75 Å². The van der Waals surface area contributed by atoms with Crippen LogP contribution in [-0.2, 0) is 6.54 Å². The largest absolute Gasteiger partial charge is 0.495 e. The van der Waals surface area contributed by atoms with Gasteiger partial charge in [0.05, 0.1) is 12.1 Å². The van der Waals surface area contributed by atoms with Gasteiger partial charge in [0, 0.05) is 31.7 Å². The summed E-state index contributed by atoms with van der Waals surface area (Å²) in [6.07, 6.45) is 0. The maximum atomic E-state index is 6.15. The zero-order chi connectivity index (χ0) is 13.1. The fourth-order valence-corrected chi connectivity index (χ4v) is 2.92. The lowest BCUT2D eigenvalue weighted by Gasteiger charge is -2.36. The van der Waals surface area contributed by atoms with E-state index in [2.05, 4.69) is 30.1 Å². The van der Waals surface area contributed by atoms with Crippen molar-refractivity contribution in [1.29, 1.82) is 0 Å². The molecule has 100 valence electrons. The van der Waals surface area contributed by atoms with Gasteiger partial charge < -0.3 is 10.1 Å². The highest BCUT2D eigenvalue weighted by Crippen LogP contribution is 2.25. The van der Waals surface area contributed by atoms with Crippen molar-refractivity contribution in [2.75, 3.05) is 20.2 Å². The van der Waals surface area contributed by atoms with E-state index >= 15 is 0 Å². The summed E-state index contributed by atoms with van der Waals surface area (Å²) >= 11 is 6.15. The van der Waals surface area contributed by atoms with E-state index in [-0.39, 0.29) is 0 Å². The molecule has 0 unspecified atom stereocenters. The Kier molecular flexibility index (Phi) is 4.49. The summed E-state index contributed by atoms with van der Waals surface area (Å²) in [5, 5.41) is 4.22. The minimum absolute atomic E-state index is 0.544. The molecule has 0 aliphatic carbocycles. The summed E-state index contributed by atoms with van der Waals surface area (Å²) in [5.41, 5.74) is 1.24. The van der Waals surface area contributed by atoms with Crippen molar-refractivity contribution in [1.82, 2.24) is 10.2 Å². The molecule has 1 aromatic rings. The number of hydrogen-bond acceptors (Lipinski definition) is 3. The van der Waals surface area contributed by atoms with Crippen molar-refractivity contribution in [2.24, 2.45) is 0 Å². The smallest absolute Gasteiger partial charge is 0.137 e. The first-order valence-electron chi connectivity index (χ1n) is 6.39. The summed E-state index contributed by atoms with van der Waals surface area (Å²) in [4.78, 5) is 2.46. The zero-order valence-electron chi connectivity index (χ0n) is 11.2. The van der Waals surface area contributed by atoms with Crippen LogP contribution in [0, 0.1) is 0 Å². The summed E-state index contributed by atoms with van der Waals surface area (Å²) in [5.74, 6) is 0.738. The molecule has 0 bridgehead atoms. The topological polar surface area (TPSA) is 24.5 Å². The lowest BCUT2D eigenvalue weighted by atomic mass is 10.1. The molecule has 2 atom stereocenters. The van der Waals surface area contributed by atoms with Crippen LogP contribution in [0.2, 0.25) is 5.02 Å². The lowest BCUT2D eigenvalue weighted by Crippen LogP contribution is -2.53. The standard InChI is InChI=1S/C14H21ClN2O/c1-10-7-17(8-11(2)16-10)9-12-4-5-14(18-3)13(15)6-12/h4-6,10-11,16H,7-9H2,1-3H3/t10-,11+. The van der Waals surface area contributed by atoms with E-state index in [4.69, 9.17) is 16.3 Å². The molecule has 0 spiro atoms. The van der Waals surface area contributed by atoms with Crippen LogP contribution in [-0.4, -0.2) is 37.2 Å². The van der Waals surface area contributed by atoms with Crippen molar-refractivity contribution in [2.45, 2.75) is 32.5 Å². The number of rotatable bonds is 3. The van der Waals surface area contributed by atoms with Gasteiger partial charge in [-0.25, -0.2) is 0 Å². The number of methoxy groups -OCH3 is 1. The van der Waals surface area contributed by atoms with Crippen LogP contribution < -0.4 is 10.1 Å². The highest BCUT2D eigenvalue weighted by atomic mass is 35.5. The van der Waals surface area contributed by atoms with Gasteiger partial charge in [0.2, 0.25) is 0 Å². The first kappa shape index (κ1) is 13.7. The van der Waals surface area contributed by atoms with Crippen LogP contribution >= 0.6 is 11.6 Å². The Balaban J connectivity index is 2.02. The molecule has 0 radical (unpaired) electrons. The summed E-state index contributed by atoms with van der Waals surface area (Å²) in [7, 11) is 1.64. The normalized spacial score (nSPS) is 25.1. The van der Waals surface area contributed by atoms with E-state index in [0.29, 0.717) is 17.1 Å². The van der Waals surface area contributed by atoms with Gasteiger partial charge in [-0.3, -0.25) is 4.90 Å². The molecule has 2 rings (SSSR count). The van der Waals surface area contributed by atoms with Crippen molar-refractivity contribution < 1.29 is 4.74 Å². The number of piperazine rings is 1. The Morgan fingerprint density at radius 3 is 2.56 bits per heavy atom. The minimum Gasteiger partial charge on any atom is -0.495 e. The number of nitrogens with one attached hydrogen (secondary N) is 1. The average molecular weight is 269 g/mol. The first-order chi connectivity index (χ1) is 8.58. The fraction of sp³-hybridized carbons (Fsp3) is 0.571. The quantitative estimate of drug-likeness (QED) is 0.912. The second-order valence-electron chi connectivity index (χ2n) is 5.13. The summed E-state index contributed by atoms with van der Waals surface area (Å²) in [6, 6.07) is 7.11. The third-order valence-corrected chi connectivity index (χ3v) is 3.55. The Bertz CT molecular complexity index is 401. The molecular weight excluding hydrogens is 248 g/mol. The van der Waals surface area contributed by atoms with E-state index in [9.17, 15) is 0 Å². The number of ether oxygens (including phenoxy) is 1. The van der Waals surface area contributed by atoms with Gasteiger partial charge in [0.1, 0.15) is 5.75 Å². The highest BCUT2D eigenvalue weighted by Gasteiger charge is 2.20. The third-order valence-electron chi connectivity index (χ3n) is 3.26. The lowest BCUT2D eigenvalue weighted by molar-refractivity contribution is 0.166. The van der Waals surface area contributed by atoms with Crippen LogP contribution in [0.1, 0.15) is 19.4 Å². The first-order valence-corrected chi connectivity index (χ1v) is 6.77. The number of benzene rings is 1. The number of hydrogen-bond donors (Lipinski definition) is 1. The molecule has 1 N–H and O–H groups in total. The van der Waals surface area contributed by atoms with Gasteiger partial charge in [-0.05, 0) is 31.5 Å². The maximum Gasteiger partial charge on any atom is 0.137 e. The molecule has 1 saturated heterocycles. The molecule has 3 nitrogen and oxygen atoms in total. The SMILES string of the molecule is COc1ccc(CN2C[C@@H](C)N[C@@H](C)C2)cc1Cl. The van der Waals surface area contributed by atoms with Gasteiger partial charge in [-0.15, -0.1) is 0 Å². The van der Waals surface area contributed by atoms with Gasteiger partial charge in [0.15, 0.2) is 0 Å². The van der Waals surface area contributed by atoms with Gasteiger partial charge >= 0.3 is 0 Å². The summed E-state index contributed by atoms with van der Waals surface area (Å²) < 4.78 is 5.17. The third kappa shape index (κ3) is 3.37. The van der Waals surface area contributed by atoms with Crippen LogP contribution in [0.3, 0.4) is 0 Å². The fourth-order valence-electron chi connectivity index (χ4n) is 2.64. The van der Waals surface area contributed by atoms with E-state index in [1.165, 1.54) is 5.56 Å². The van der Waals surface area contributed by atoms with Crippen molar-refractivity contribution in [3.8, 4) is 5.75 Å². The highest BCUT2D eigenvalue weighted by molar-refractivity contribution is 6.32.